The quantitative estimate of drug-likeness (QED) is 0.285. The fourth-order valence-electron chi connectivity index (χ4n) is 3.66. The summed E-state index contributed by atoms with van der Waals surface area (Å²) >= 11 is 0. The number of aliphatic imine (C=N–C) groups is 1. The van der Waals surface area contributed by atoms with Crippen molar-refractivity contribution < 1.29 is 18.3 Å². The minimum absolute atomic E-state index is 0.00821. The molecule has 0 aliphatic carbocycles. The van der Waals surface area contributed by atoms with Gasteiger partial charge in [0.05, 0.1) is 11.5 Å². The first-order valence-electron chi connectivity index (χ1n) is 9.40. The lowest BCUT2D eigenvalue weighted by Crippen LogP contribution is -2.38. The second-order valence-corrected chi connectivity index (χ2v) is 9.65. The van der Waals surface area contributed by atoms with Gasteiger partial charge in [-0.1, -0.05) is 0 Å². The molecular formula is C19H32N4O4S. The molecule has 1 heterocycles. The van der Waals surface area contributed by atoms with E-state index in [1.807, 2.05) is 27.7 Å². The van der Waals surface area contributed by atoms with Gasteiger partial charge in [-0.25, -0.2) is 13.1 Å². The zero-order chi connectivity index (χ0) is 21.3. The molecular weight excluding hydrogens is 380 g/mol. The summed E-state index contributed by atoms with van der Waals surface area (Å²) in [6, 6.07) is -0.612. The molecule has 158 valence electrons. The second kappa shape index (κ2) is 8.26. The molecule has 28 heavy (non-hydrogen) atoms. The van der Waals surface area contributed by atoms with Gasteiger partial charge >= 0.3 is 0 Å². The van der Waals surface area contributed by atoms with Crippen LogP contribution in [0.3, 0.4) is 0 Å². The van der Waals surface area contributed by atoms with Gasteiger partial charge in [-0.2, -0.15) is 0 Å². The first-order chi connectivity index (χ1) is 12.9. The van der Waals surface area contributed by atoms with Crippen LogP contribution in [0.25, 0.3) is 0 Å². The van der Waals surface area contributed by atoms with E-state index >= 15 is 0 Å². The lowest BCUT2D eigenvalue weighted by molar-refractivity contribution is 0.137. The minimum atomic E-state index is -3.82. The number of sulfonamides is 1. The Balaban J connectivity index is 2.31. The van der Waals surface area contributed by atoms with Crippen LogP contribution in [0.5, 0.6) is 5.75 Å². The van der Waals surface area contributed by atoms with Crippen molar-refractivity contribution in [1.29, 1.82) is 0 Å². The average molecular weight is 413 g/mol. The number of aliphatic hydroxyl groups is 1. The van der Waals surface area contributed by atoms with Gasteiger partial charge in [0.15, 0.2) is 5.96 Å². The first-order valence-corrected chi connectivity index (χ1v) is 10.9. The van der Waals surface area contributed by atoms with Gasteiger partial charge in [0, 0.05) is 24.6 Å². The van der Waals surface area contributed by atoms with E-state index in [2.05, 4.69) is 9.71 Å². The van der Waals surface area contributed by atoms with E-state index in [-0.39, 0.29) is 23.1 Å². The Kier molecular flexibility index (Phi) is 6.62. The van der Waals surface area contributed by atoms with E-state index in [9.17, 15) is 13.5 Å². The molecule has 0 aromatic heterocycles. The van der Waals surface area contributed by atoms with Crippen molar-refractivity contribution in [1.82, 2.24) is 4.72 Å². The molecule has 1 aromatic rings. The van der Waals surface area contributed by atoms with Crippen LogP contribution in [0, 0.1) is 20.8 Å². The van der Waals surface area contributed by atoms with Gasteiger partial charge < -0.3 is 21.3 Å². The normalized spacial score (nSPS) is 16.4. The number of nitrogens with one attached hydrogen (secondary N) is 1. The number of benzene rings is 1. The molecule has 1 aliphatic heterocycles. The highest BCUT2D eigenvalue weighted by molar-refractivity contribution is 7.89. The lowest BCUT2D eigenvalue weighted by atomic mass is 9.94. The Morgan fingerprint density at radius 3 is 2.46 bits per heavy atom. The smallest absolute Gasteiger partial charge is 0.241 e. The van der Waals surface area contributed by atoms with Crippen LogP contribution in [0.15, 0.2) is 9.89 Å². The van der Waals surface area contributed by atoms with Crippen molar-refractivity contribution in [2.45, 2.75) is 70.4 Å². The SMILES string of the molecule is Cc1c(C)c(S(=O)(=O)N[C@H](CO)CCCN=C(N)N)c(C)c2c1OC(C)(C)C2. The molecule has 2 rings (SSSR count). The number of hydrogen-bond donors (Lipinski definition) is 4. The van der Waals surface area contributed by atoms with Crippen molar-refractivity contribution >= 4 is 16.0 Å². The Labute approximate surface area is 167 Å². The number of guanidine groups is 1. The molecule has 8 nitrogen and oxygen atoms in total. The van der Waals surface area contributed by atoms with E-state index < -0.39 is 16.1 Å². The van der Waals surface area contributed by atoms with Gasteiger partial charge in [-0.3, -0.25) is 4.99 Å². The molecule has 6 N–H and O–H groups in total. The molecule has 0 spiro atoms. The number of aliphatic hydroxyl groups excluding tert-OH is 1. The third-order valence-corrected chi connectivity index (χ3v) is 6.90. The molecule has 1 aromatic carbocycles. The monoisotopic (exact) mass is 412 g/mol. The van der Waals surface area contributed by atoms with Crippen molar-refractivity contribution in [2.75, 3.05) is 13.2 Å². The molecule has 0 saturated heterocycles. The zero-order valence-electron chi connectivity index (χ0n) is 17.3. The number of hydrogen-bond acceptors (Lipinski definition) is 5. The van der Waals surface area contributed by atoms with E-state index in [0.717, 1.165) is 16.9 Å². The summed E-state index contributed by atoms with van der Waals surface area (Å²) in [7, 11) is -3.82. The van der Waals surface area contributed by atoms with Gasteiger partial charge in [-0.05, 0) is 64.2 Å². The van der Waals surface area contributed by atoms with Crippen molar-refractivity contribution in [3.8, 4) is 5.75 Å². The fourth-order valence-corrected chi connectivity index (χ4v) is 5.49. The van der Waals surface area contributed by atoms with Crippen LogP contribution in [0.4, 0.5) is 0 Å². The molecule has 9 heteroatoms. The highest BCUT2D eigenvalue weighted by Crippen LogP contribution is 2.43. The summed E-state index contributed by atoms with van der Waals surface area (Å²) in [5, 5.41) is 9.63. The van der Waals surface area contributed by atoms with E-state index in [1.54, 1.807) is 6.92 Å². The van der Waals surface area contributed by atoms with Gasteiger partial charge in [0.2, 0.25) is 10.0 Å². The topological polar surface area (TPSA) is 140 Å². The number of nitrogens with two attached hydrogens (primary N) is 2. The second-order valence-electron chi connectivity index (χ2n) is 8.00. The largest absolute Gasteiger partial charge is 0.487 e. The van der Waals surface area contributed by atoms with E-state index in [1.165, 1.54) is 0 Å². The molecule has 1 atom stereocenters. The number of rotatable bonds is 8. The maximum Gasteiger partial charge on any atom is 0.241 e. The molecule has 0 unspecified atom stereocenters. The van der Waals surface area contributed by atoms with Crippen LogP contribution in [-0.4, -0.2) is 44.3 Å². The van der Waals surface area contributed by atoms with Crippen molar-refractivity contribution in [3.05, 3.63) is 22.3 Å². The molecule has 1 aliphatic rings. The summed E-state index contributed by atoms with van der Waals surface area (Å²) < 4.78 is 35.0. The third-order valence-electron chi connectivity index (χ3n) is 5.11. The molecule has 0 fully saturated rings. The van der Waals surface area contributed by atoms with Crippen LogP contribution in [0.2, 0.25) is 0 Å². The maximum absolute atomic E-state index is 13.2. The minimum Gasteiger partial charge on any atom is -0.487 e. The molecule has 0 amide bonds. The first kappa shape index (κ1) is 22.4. The van der Waals surface area contributed by atoms with Crippen LogP contribution < -0.4 is 20.9 Å². The van der Waals surface area contributed by atoms with Crippen molar-refractivity contribution in [3.63, 3.8) is 0 Å². The van der Waals surface area contributed by atoms with Gasteiger partial charge in [0.1, 0.15) is 11.4 Å². The summed E-state index contributed by atoms with van der Waals surface area (Å²) in [5.41, 5.74) is 13.3. The summed E-state index contributed by atoms with van der Waals surface area (Å²) in [4.78, 5) is 4.15. The van der Waals surface area contributed by atoms with E-state index in [0.29, 0.717) is 36.9 Å². The molecule has 0 radical (unpaired) electrons. The fraction of sp³-hybridized carbons (Fsp3) is 0.632. The molecule has 0 saturated carbocycles. The highest BCUT2D eigenvalue weighted by Gasteiger charge is 2.36. The van der Waals surface area contributed by atoms with Crippen LogP contribution >= 0.6 is 0 Å². The summed E-state index contributed by atoms with van der Waals surface area (Å²) in [6.07, 6.45) is 1.62. The summed E-state index contributed by atoms with van der Waals surface area (Å²) in [5.74, 6) is 0.779. The predicted molar refractivity (Wildman–Crippen MR) is 110 cm³/mol. The Morgan fingerprint density at radius 2 is 1.89 bits per heavy atom. The Bertz CT molecular complexity index is 875. The maximum atomic E-state index is 13.2. The predicted octanol–water partition coefficient (Wildman–Crippen LogP) is 1.02. The van der Waals surface area contributed by atoms with E-state index in [4.69, 9.17) is 16.2 Å². The Morgan fingerprint density at radius 1 is 1.25 bits per heavy atom. The lowest BCUT2D eigenvalue weighted by Gasteiger charge is -2.21. The molecule has 0 bridgehead atoms. The van der Waals surface area contributed by atoms with Crippen LogP contribution in [0.1, 0.15) is 48.9 Å². The number of fused-ring (bicyclic) bond motifs is 1. The van der Waals surface area contributed by atoms with Gasteiger partial charge in [0.25, 0.3) is 0 Å². The number of nitrogens with zero attached hydrogens (tertiary/aromatic N) is 1. The third kappa shape index (κ3) is 4.76. The summed E-state index contributed by atoms with van der Waals surface area (Å²) in [6.45, 7) is 9.54. The Hall–Kier alpha value is -1.84. The highest BCUT2D eigenvalue weighted by atomic mass is 32.2. The standard InChI is InChI=1S/C19H32N4O4S/c1-11-12(2)17(13(3)15-9-19(4,5)27-16(11)15)28(25,26)23-14(10-24)7-6-8-22-18(20)21/h14,23-24H,6-10H2,1-5H3,(H4,20,21,22)/t14-/m0/s1. The average Bonchev–Trinajstić information content (AvgIpc) is 2.91. The van der Waals surface area contributed by atoms with Crippen molar-refractivity contribution in [2.24, 2.45) is 16.5 Å². The zero-order valence-corrected chi connectivity index (χ0v) is 18.1. The van der Waals surface area contributed by atoms with Gasteiger partial charge in [-0.15, -0.1) is 0 Å². The number of ether oxygens (including phenoxy) is 1. The van der Waals surface area contributed by atoms with Crippen LogP contribution in [-0.2, 0) is 16.4 Å².